The van der Waals surface area contributed by atoms with Gasteiger partial charge in [0, 0.05) is 18.2 Å². The molecule has 0 aromatic carbocycles. The first kappa shape index (κ1) is 21.6. The lowest BCUT2D eigenvalue weighted by Crippen LogP contribution is -2.40. The molecule has 1 saturated carbocycles. The summed E-state index contributed by atoms with van der Waals surface area (Å²) in [7, 11) is 1.53. The van der Waals surface area contributed by atoms with Gasteiger partial charge in [-0.15, -0.1) is 0 Å². The number of carbonyl (C=O) groups excluding carboxylic acids is 1. The Morgan fingerprint density at radius 3 is 2.82 bits per heavy atom. The van der Waals surface area contributed by atoms with Crippen molar-refractivity contribution in [2.75, 3.05) is 18.6 Å². The lowest BCUT2D eigenvalue weighted by atomic mass is 9.93. The number of methoxy groups -OCH3 is 1. The number of nitrogens with one attached hydrogen (secondary N) is 1. The molecule has 1 amide bonds. The van der Waals surface area contributed by atoms with Crippen LogP contribution >= 0.6 is 0 Å². The molecule has 4 heterocycles. The van der Waals surface area contributed by atoms with Gasteiger partial charge < -0.3 is 20.1 Å². The fraction of sp³-hybridized carbons (Fsp3) is 0.478. The van der Waals surface area contributed by atoms with Crippen LogP contribution in [0.4, 0.5) is 15.0 Å². The third kappa shape index (κ3) is 4.22. The highest BCUT2D eigenvalue weighted by Crippen LogP contribution is 2.39. The Labute approximate surface area is 190 Å². The summed E-state index contributed by atoms with van der Waals surface area (Å²) in [6.45, 7) is 0.744. The molecule has 0 bridgehead atoms. The molecule has 1 saturated heterocycles. The van der Waals surface area contributed by atoms with Crippen LogP contribution in [-0.4, -0.2) is 56.5 Å². The van der Waals surface area contributed by atoms with Crippen LogP contribution in [-0.2, 0) is 0 Å². The molecule has 3 aromatic rings. The van der Waals surface area contributed by atoms with Crippen LogP contribution in [0, 0.1) is 5.82 Å². The first-order valence-corrected chi connectivity index (χ1v) is 11.3. The quantitative estimate of drug-likeness (QED) is 0.624. The predicted octanol–water partition coefficient (Wildman–Crippen LogP) is 3.18. The number of aromatic nitrogens is 4. The highest BCUT2D eigenvalue weighted by molar-refractivity contribution is 5.87. The summed E-state index contributed by atoms with van der Waals surface area (Å²) in [5.41, 5.74) is 1.77. The fourth-order valence-electron chi connectivity index (χ4n) is 4.87. The van der Waals surface area contributed by atoms with Crippen molar-refractivity contribution in [2.24, 2.45) is 0 Å². The largest absolute Gasteiger partial charge is 0.481 e. The van der Waals surface area contributed by atoms with Gasteiger partial charge in [0.15, 0.2) is 5.65 Å². The summed E-state index contributed by atoms with van der Waals surface area (Å²) in [4.78, 5) is 28.2. The molecule has 1 aliphatic carbocycles. The number of nitrogens with zero attached hydrogens (tertiary/aromatic N) is 5. The number of carbonyl (C=O) groups is 1. The van der Waals surface area contributed by atoms with E-state index in [-0.39, 0.29) is 24.2 Å². The van der Waals surface area contributed by atoms with Crippen LogP contribution < -0.4 is 15.0 Å². The molecule has 1 atom stereocenters. The zero-order valence-electron chi connectivity index (χ0n) is 18.4. The summed E-state index contributed by atoms with van der Waals surface area (Å²) >= 11 is 0. The van der Waals surface area contributed by atoms with Gasteiger partial charge in [-0.2, -0.15) is 0 Å². The molecule has 10 heteroatoms. The van der Waals surface area contributed by atoms with Gasteiger partial charge in [0.25, 0.3) is 0 Å². The number of amides is 1. The lowest BCUT2D eigenvalue weighted by Gasteiger charge is -2.27. The number of hydrogen-bond donors (Lipinski definition) is 2. The van der Waals surface area contributed by atoms with E-state index in [0.717, 1.165) is 38.4 Å². The molecular weight excluding hydrogens is 427 g/mol. The smallest absolute Gasteiger partial charge is 0.328 e. The Morgan fingerprint density at radius 2 is 2.03 bits per heavy atom. The summed E-state index contributed by atoms with van der Waals surface area (Å²) in [6, 6.07) is 4.79. The predicted molar refractivity (Wildman–Crippen MR) is 120 cm³/mol. The van der Waals surface area contributed by atoms with E-state index in [0.29, 0.717) is 41.3 Å². The van der Waals surface area contributed by atoms with Gasteiger partial charge >= 0.3 is 6.03 Å². The minimum atomic E-state index is -0.411. The van der Waals surface area contributed by atoms with Gasteiger partial charge in [-0.3, -0.25) is 0 Å². The highest BCUT2D eigenvalue weighted by Gasteiger charge is 2.31. The molecular formula is C23H27FN6O3. The average molecular weight is 455 g/mol. The maximum atomic E-state index is 14.0. The Balaban J connectivity index is 1.42. The van der Waals surface area contributed by atoms with Gasteiger partial charge in [-0.1, -0.05) is 0 Å². The second-order valence-corrected chi connectivity index (χ2v) is 8.69. The first-order chi connectivity index (χ1) is 16.0. The van der Waals surface area contributed by atoms with Crippen LogP contribution in [0.1, 0.15) is 50.1 Å². The second kappa shape index (κ2) is 8.93. The van der Waals surface area contributed by atoms with Crippen molar-refractivity contribution in [1.29, 1.82) is 0 Å². The van der Waals surface area contributed by atoms with Crippen LogP contribution in [0.3, 0.4) is 0 Å². The molecule has 5 rings (SSSR count). The van der Waals surface area contributed by atoms with Gasteiger partial charge in [-0.25, -0.2) is 28.7 Å². The number of pyridine rings is 2. The molecule has 0 radical (unpaired) electrons. The monoisotopic (exact) mass is 454 g/mol. The molecule has 2 N–H and O–H groups in total. The number of rotatable bonds is 4. The lowest BCUT2D eigenvalue weighted by molar-refractivity contribution is 0.118. The van der Waals surface area contributed by atoms with Crippen molar-refractivity contribution < 1.29 is 19.0 Å². The van der Waals surface area contributed by atoms with Gasteiger partial charge in [0.2, 0.25) is 5.88 Å². The maximum absolute atomic E-state index is 14.0. The van der Waals surface area contributed by atoms with Crippen molar-refractivity contribution in [3.05, 3.63) is 42.1 Å². The SMILES string of the molecule is COc1ncc(F)cc1C1CCCN1c1ccc2ncn(C(=O)NC3CCC(O)CC3)c2n1. The number of anilines is 1. The summed E-state index contributed by atoms with van der Waals surface area (Å²) in [6.07, 6.45) is 6.95. The second-order valence-electron chi connectivity index (χ2n) is 8.69. The van der Waals surface area contributed by atoms with E-state index in [4.69, 9.17) is 9.72 Å². The van der Waals surface area contributed by atoms with Crippen LogP contribution in [0.2, 0.25) is 0 Å². The molecule has 9 nitrogen and oxygen atoms in total. The summed E-state index contributed by atoms with van der Waals surface area (Å²) in [5, 5.41) is 12.7. The Morgan fingerprint density at radius 1 is 1.21 bits per heavy atom. The molecule has 2 fully saturated rings. The summed E-state index contributed by atoms with van der Waals surface area (Å²) in [5.74, 6) is 0.675. The van der Waals surface area contributed by atoms with Crippen LogP contribution in [0.5, 0.6) is 5.88 Å². The zero-order chi connectivity index (χ0) is 22.9. The van der Waals surface area contributed by atoms with Gasteiger partial charge in [0.05, 0.1) is 25.5 Å². The standard InChI is InChI=1S/C23H27FN6O3/c1-33-22-17(11-14(24)12-25-22)19-3-2-10-29(19)20-9-8-18-21(28-20)30(13-26-18)23(32)27-15-4-6-16(31)7-5-15/h8-9,11-13,15-16,19,31H,2-7,10H2,1H3,(H,27,32). The van der Waals surface area contributed by atoms with E-state index < -0.39 is 5.82 Å². The van der Waals surface area contributed by atoms with Crippen molar-refractivity contribution in [3.8, 4) is 5.88 Å². The van der Waals surface area contributed by atoms with Crippen molar-refractivity contribution >= 4 is 23.0 Å². The molecule has 0 spiro atoms. The van der Waals surface area contributed by atoms with E-state index in [1.54, 1.807) is 0 Å². The van der Waals surface area contributed by atoms with E-state index in [1.165, 1.54) is 24.1 Å². The molecule has 174 valence electrons. The van der Waals surface area contributed by atoms with Gasteiger partial charge in [0.1, 0.15) is 23.5 Å². The number of halogens is 1. The third-order valence-electron chi connectivity index (χ3n) is 6.57. The minimum absolute atomic E-state index is 0.0254. The Kier molecular flexibility index (Phi) is 5.84. The highest BCUT2D eigenvalue weighted by atomic mass is 19.1. The van der Waals surface area contributed by atoms with Crippen molar-refractivity contribution in [3.63, 3.8) is 0 Å². The third-order valence-corrected chi connectivity index (χ3v) is 6.57. The van der Waals surface area contributed by atoms with Crippen LogP contribution in [0.25, 0.3) is 11.2 Å². The summed E-state index contributed by atoms with van der Waals surface area (Å²) < 4.78 is 20.8. The van der Waals surface area contributed by atoms with E-state index >= 15 is 0 Å². The first-order valence-electron chi connectivity index (χ1n) is 11.3. The fourth-order valence-corrected chi connectivity index (χ4v) is 4.87. The van der Waals surface area contributed by atoms with Crippen LogP contribution in [0.15, 0.2) is 30.7 Å². The number of aliphatic hydroxyl groups is 1. The molecule has 2 aliphatic rings. The Hall–Kier alpha value is -3.27. The number of imidazole rings is 1. The van der Waals surface area contributed by atoms with E-state index in [2.05, 4.69) is 20.2 Å². The van der Waals surface area contributed by atoms with Crippen molar-refractivity contribution in [1.82, 2.24) is 24.8 Å². The molecule has 1 unspecified atom stereocenters. The normalized spacial score (nSPS) is 23.1. The molecule has 33 heavy (non-hydrogen) atoms. The number of fused-ring (bicyclic) bond motifs is 1. The minimum Gasteiger partial charge on any atom is -0.481 e. The molecule has 3 aromatic heterocycles. The number of aliphatic hydroxyl groups excluding tert-OH is 1. The van der Waals surface area contributed by atoms with E-state index in [1.807, 2.05) is 12.1 Å². The zero-order valence-corrected chi connectivity index (χ0v) is 18.4. The van der Waals surface area contributed by atoms with Gasteiger partial charge in [-0.05, 0) is 56.7 Å². The Bertz CT molecular complexity index is 1160. The number of ether oxygens (including phenoxy) is 1. The number of hydrogen-bond acceptors (Lipinski definition) is 7. The van der Waals surface area contributed by atoms with Crippen molar-refractivity contribution in [2.45, 2.75) is 56.7 Å². The topological polar surface area (TPSA) is 105 Å². The van der Waals surface area contributed by atoms with E-state index in [9.17, 15) is 14.3 Å². The maximum Gasteiger partial charge on any atom is 0.328 e. The average Bonchev–Trinajstić information content (AvgIpc) is 3.47. The molecule has 1 aliphatic heterocycles.